The van der Waals surface area contributed by atoms with E-state index in [9.17, 15) is 31.4 Å². The lowest BCUT2D eigenvalue weighted by molar-refractivity contribution is -0.376. The fourth-order valence-corrected chi connectivity index (χ4v) is 1.56. The molecule has 2 nitrogen and oxygen atoms in total. The van der Waals surface area contributed by atoms with E-state index in [0.717, 1.165) is 13.0 Å². The van der Waals surface area contributed by atoms with Gasteiger partial charge in [0.1, 0.15) is 5.75 Å². The minimum absolute atomic E-state index is 0.163. The smallest absolute Gasteiger partial charge is 0.430 e. The third kappa shape index (κ3) is 2.24. The van der Waals surface area contributed by atoms with Gasteiger partial charge in [0.2, 0.25) is 0 Å². The molecule has 0 unspecified atom stereocenters. The highest BCUT2D eigenvalue weighted by Crippen LogP contribution is 2.52. The third-order valence-corrected chi connectivity index (χ3v) is 2.91. The van der Waals surface area contributed by atoms with E-state index in [1.807, 2.05) is 0 Å². The normalized spacial score (nSPS) is 13.7. The molecule has 0 spiro atoms. The van der Waals surface area contributed by atoms with Gasteiger partial charge in [-0.15, -0.1) is 0 Å². The Labute approximate surface area is 104 Å². The Balaban J connectivity index is 3.67. The molecule has 0 saturated carbocycles. The fourth-order valence-electron chi connectivity index (χ4n) is 1.56. The van der Waals surface area contributed by atoms with Crippen LogP contribution < -0.4 is 0 Å². The van der Waals surface area contributed by atoms with Gasteiger partial charge in [-0.05, 0) is 25.0 Å². The van der Waals surface area contributed by atoms with Gasteiger partial charge in [0.25, 0.3) is 5.60 Å². The molecule has 0 fully saturated rings. The topological polar surface area (TPSA) is 40.5 Å². The molecule has 0 amide bonds. The van der Waals surface area contributed by atoms with Crippen molar-refractivity contribution >= 4 is 0 Å². The minimum Gasteiger partial charge on any atom is -0.507 e. The molecule has 0 bridgehead atoms. The average Bonchev–Trinajstić information content (AvgIpc) is 2.22. The number of aromatic hydroxyl groups is 1. The van der Waals surface area contributed by atoms with Crippen LogP contribution in [0.3, 0.4) is 0 Å². The van der Waals surface area contributed by atoms with Crippen molar-refractivity contribution in [3.05, 3.63) is 28.8 Å². The Hall–Kier alpha value is -1.44. The second-order valence-electron chi connectivity index (χ2n) is 4.11. The van der Waals surface area contributed by atoms with Gasteiger partial charge >= 0.3 is 12.4 Å². The highest BCUT2D eigenvalue weighted by molar-refractivity contribution is 5.48. The van der Waals surface area contributed by atoms with Gasteiger partial charge in [0, 0.05) is 5.56 Å². The van der Waals surface area contributed by atoms with Crippen LogP contribution in [-0.4, -0.2) is 22.6 Å². The molecule has 0 atom stereocenters. The van der Waals surface area contributed by atoms with Crippen molar-refractivity contribution in [2.75, 3.05) is 0 Å². The number of halogens is 6. The van der Waals surface area contributed by atoms with Gasteiger partial charge in [0.05, 0.1) is 0 Å². The number of phenolic OH excluding ortho intramolecular Hbond substituents is 1. The first-order valence-corrected chi connectivity index (χ1v) is 4.99. The van der Waals surface area contributed by atoms with Crippen LogP contribution in [0.1, 0.15) is 16.7 Å². The molecule has 0 radical (unpaired) electrons. The molecule has 0 aromatic heterocycles. The number of hydrogen-bond acceptors (Lipinski definition) is 2. The first-order chi connectivity index (χ1) is 8.34. The SMILES string of the molecule is Cc1ccc(C(O)(C(F)(F)F)C(F)(F)F)c(O)c1C. The number of hydrogen-bond donors (Lipinski definition) is 2. The lowest BCUT2D eigenvalue weighted by atomic mass is 9.89. The van der Waals surface area contributed by atoms with Crippen molar-refractivity contribution in [1.82, 2.24) is 0 Å². The second-order valence-corrected chi connectivity index (χ2v) is 4.11. The van der Waals surface area contributed by atoms with Gasteiger partial charge in [-0.1, -0.05) is 12.1 Å². The molecule has 8 heteroatoms. The molecular formula is C11H10F6O2. The zero-order chi connectivity index (χ0) is 15.2. The Morgan fingerprint density at radius 2 is 1.32 bits per heavy atom. The van der Waals surface area contributed by atoms with E-state index < -0.39 is 29.3 Å². The predicted octanol–water partition coefficient (Wildman–Crippen LogP) is 3.32. The largest absolute Gasteiger partial charge is 0.507 e. The maximum Gasteiger partial charge on any atom is 0.430 e. The van der Waals surface area contributed by atoms with Crippen molar-refractivity contribution in [3.63, 3.8) is 0 Å². The van der Waals surface area contributed by atoms with Crippen LogP contribution in [0.15, 0.2) is 12.1 Å². The molecule has 0 aliphatic rings. The van der Waals surface area contributed by atoms with Crippen molar-refractivity contribution in [2.24, 2.45) is 0 Å². The lowest BCUT2D eigenvalue weighted by Crippen LogP contribution is -2.54. The summed E-state index contributed by atoms with van der Waals surface area (Å²) in [6, 6.07) is 1.38. The fraction of sp³-hybridized carbons (Fsp3) is 0.455. The van der Waals surface area contributed by atoms with Crippen LogP contribution in [0.25, 0.3) is 0 Å². The summed E-state index contributed by atoms with van der Waals surface area (Å²) >= 11 is 0. The molecule has 1 aromatic rings. The van der Waals surface area contributed by atoms with Gasteiger partial charge in [-0.3, -0.25) is 0 Å². The van der Waals surface area contributed by atoms with Gasteiger partial charge in [0.15, 0.2) is 0 Å². The number of aryl methyl sites for hydroxylation is 1. The highest BCUT2D eigenvalue weighted by Gasteiger charge is 2.72. The van der Waals surface area contributed by atoms with Crippen LogP contribution in [0.4, 0.5) is 26.3 Å². The van der Waals surface area contributed by atoms with Crippen molar-refractivity contribution in [2.45, 2.75) is 31.8 Å². The number of rotatable bonds is 1. The van der Waals surface area contributed by atoms with E-state index in [1.54, 1.807) is 0 Å². The molecule has 0 saturated heterocycles. The Kier molecular flexibility index (Phi) is 3.53. The summed E-state index contributed by atoms with van der Waals surface area (Å²) in [5.41, 5.74) is -6.60. The van der Waals surface area contributed by atoms with Gasteiger partial charge < -0.3 is 10.2 Å². The first-order valence-electron chi connectivity index (χ1n) is 4.99. The quantitative estimate of drug-likeness (QED) is 0.778. The summed E-state index contributed by atoms with van der Waals surface area (Å²) in [5.74, 6) is -1.22. The standard InChI is InChI=1S/C11H10F6O2/c1-5-3-4-7(8(18)6(5)2)9(19,10(12,13)14)11(15,16)17/h3-4,18-19H,1-2H3. The monoisotopic (exact) mass is 288 g/mol. The average molecular weight is 288 g/mol. The van der Waals surface area contributed by atoms with Crippen molar-refractivity contribution in [3.8, 4) is 5.75 Å². The number of benzene rings is 1. The maximum absolute atomic E-state index is 12.6. The Morgan fingerprint density at radius 3 is 1.68 bits per heavy atom. The minimum atomic E-state index is -6.01. The summed E-state index contributed by atoms with van der Waals surface area (Å²) in [5, 5.41) is 18.6. The zero-order valence-electron chi connectivity index (χ0n) is 9.82. The molecule has 0 aliphatic carbocycles. The van der Waals surface area contributed by atoms with Gasteiger partial charge in [-0.25, -0.2) is 0 Å². The van der Waals surface area contributed by atoms with Crippen LogP contribution in [0, 0.1) is 13.8 Å². The van der Waals surface area contributed by atoms with E-state index in [0.29, 0.717) is 11.6 Å². The Morgan fingerprint density at radius 1 is 0.895 bits per heavy atom. The van der Waals surface area contributed by atoms with E-state index in [1.165, 1.54) is 6.92 Å². The lowest BCUT2D eigenvalue weighted by Gasteiger charge is -2.33. The number of alkyl halides is 6. The summed E-state index contributed by atoms with van der Waals surface area (Å²) in [6.07, 6.45) is -12.0. The molecule has 0 aliphatic heterocycles. The van der Waals surface area contributed by atoms with Crippen molar-refractivity contribution < 1.29 is 36.6 Å². The van der Waals surface area contributed by atoms with E-state index in [4.69, 9.17) is 5.11 Å². The second kappa shape index (κ2) is 4.29. The number of aliphatic hydroxyl groups is 1. The third-order valence-electron chi connectivity index (χ3n) is 2.91. The highest BCUT2D eigenvalue weighted by atomic mass is 19.4. The molecule has 1 rings (SSSR count). The summed E-state index contributed by atoms with van der Waals surface area (Å²) in [7, 11) is 0. The Bertz CT molecular complexity index is 475. The summed E-state index contributed by atoms with van der Waals surface area (Å²) in [4.78, 5) is 0. The molecule has 108 valence electrons. The predicted molar refractivity (Wildman–Crippen MR) is 53.6 cm³/mol. The number of phenols is 1. The maximum atomic E-state index is 12.6. The van der Waals surface area contributed by atoms with E-state index in [-0.39, 0.29) is 5.56 Å². The summed E-state index contributed by atoms with van der Waals surface area (Å²) in [6.45, 7) is 2.56. The van der Waals surface area contributed by atoms with Crippen LogP contribution in [0.5, 0.6) is 5.75 Å². The van der Waals surface area contributed by atoms with Crippen LogP contribution in [0.2, 0.25) is 0 Å². The molecular weight excluding hydrogens is 278 g/mol. The molecule has 19 heavy (non-hydrogen) atoms. The van der Waals surface area contributed by atoms with E-state index >= 15 is 0 Å². The molecule has 0 heterocycles. The van der Waals surface area contributed by atoms with Crippen molar-refractivity contribution in [1.29, 1.82) is 0 Å². The zero-order valence-corrected chi connectivity index (χ0v) is 9.82. The summed E-state index contributed by atoms with van der Waals surface area (Å²) < 4.78 is 75.7. The molecule has 1 aromatic carbocycles. The van der Waals surface area contributed by atoms with Crippen LogP contribution in [-0.2, 0) is 5.60 Å². The van der Waals surface area contributed by atoms with Gasteiger partial charge in [-0.2, -0.15) is 26.3 Å². The van der Waals surface area contributed by atoms with E-state index in [2.05, 4.69) is 0 Å². The molecule has 2 N–H and O–H groups in total. The first kappa shape index (κ1) is 15.6. The van der Waals surface area contributed by atoms with Crippen LogP contribution >= 0.6 is 0 Å².